The van der Waals surface area contributed by atoms with Gasteiger partial charge in [0.05, 0.1) is 18.6 Å². The van der Waals surface area contributed by atoms with E-state index in [9.17, 15) is 4.79 Å². The zero-order chi connectivity index (χ0) is 23.4. The molecule has 1 spiro atoms. The second-order valence-electron chi connectivity index (χ2n) is 9.51. The molecular formula is C28H26N2O5. The Morgan fingerprint density at radius 2 is 1.63 bits per heavy atom. The summed E-state index contributed by atoms with van der Waals surface area (Å²) in [5, 5.41) is 0. The largest absolute Gasteiger partial charge is 0.492 e. The van der Waals surface area contributed by atoms with Crippen molar-refractivity contribution in [2.24, 2.45) is 0 Å². The first-order valence-electron chi connectivity index (χ1n) is 12.1. The molecule has 1 amide bonds. The quantitative estimate of drug-likeness (QED) is 0.583. The Balaban J connectivity index is 1.25. The van der Waals surface area contributed by atoms with Crippen LogP contribution in [0.15, 0.2) is 60.7 Å². The monoisotopic (exact) mass is 470 g/mol. The molecule has 7 rings (SSSR count). The van der Waals surface area contributed by atoms with E-state index < -0.39 is 0 Å². The molecule has 1 fully saturated rings. The Labute approximate surface area is 203 Å². The van der Waals surface area contributed by atoms with Crippen molar-refractivity contribution in [3.05, 3.63) is 82.9 Å². The number of morpholine rings is 1. The molecule has 4 aliphatic heterocycles. The maximum atomic E-state index is 13.4. The first-order valence-corrected chi connectivity index (χ1v) is 12.1. The van der Waals surface area contributed by atoms with Gasteiger partial charge in [-0.2, -0.15) is 0 Å². The van der Waals surface area contributed by atoms with E-state index >= 15 is 0 Å². The highest BCUT2D eigenvalue weighted by atomic mass is 16.7. The van der Waals surface area contributed by atoms with Crippen molar-refractivity contribution in [1.29, 1.82) is 0 Å². The zero-order valence-electron chi connectivity index (χ0n) is 19.4. The summed E-state index contributed by atoms with van der Waals surface area (Å²) in [6, 6.07) is 20.5. The second-order valence-corrected chi connectivity index (χ2v) is 9.51. The lowest BCUT2D eigenvalue weighted by atomic mass is 9.77. The van der Waals surface area contributed by atoms with Crippen LogP contribution in [0.3, 0.4) is 0 Å². The normalized spacial score (nSPS) is 21.7. The van der Waals surface area contributed by atoms with Crippen molar-refractivity contribution in [1.82, 2.24) is 4.90 Å². The van der Waals surface area contributed by atoms with Gasteiger partial charge in [-0.15, -0.1) is 0 Å². The van der Waals surface area contributed by atoms with Gasteiger partial charge in [-0.25, -0.2) is 0 Å². The fourth-order valence-electron chi connectivity index (χ4n) is 5.85. The number of ether oxygens (including phenoxy) is 4. The van der Waals surface area contributed by atoms with E-state index in [4.69, 9.17) is 18.9 Å². The number of fused-ring (bicyclic) bond motifs is 5. The van der Waals surface area contributed by atoms with Crippen molar-refractivity contribution in [3.8, 4) is 17.2 Å². The van der Waals surface area contributed by atoms with Crippen molar-refractivity contribution in [3.63, 3.8) is 0 Å². The first kappa shape index (κ1) is 20.6. The van der Waals surface area contributed by atoms with Crippen molar-refractivity contribution in [2.45, 2.75) is 12.0 Å². The van der Waals surface area contributed by atoms with Crippen molar-refractivity contribution < 1.29 is 23.7 Å². The highest BCUT2D eigenvalue weighted by Crippen LogP contribution is 2.54. The molecule has 0 N–H and O–H groups in total. The number of hydrogen-bond donors (Lipinski definition) is 0. The maximum Gasteiger partial charge on any atom is 0.254 e. The molecule has 4 heterocycles. The molecule has 0 bridgehead atoms. The van der Waals surface area contributed by atoms with Gasteiger partial charge in [-0.05, 0) is 29.3 Å². The maximum absolute atomic E-state index is 13.4. The summed E-state index contributed by atoms with van der Waals surface area (Å²) in [5.41, 5.74) is 5.05. The second kappa shape index (κ2) is 7.92. The molecule has 3 aromatic rings. The topological polar surface area (TPSA) is 60.5 Å². The van der Waals surface area contributed by atoms with Crippen LogP contribution < -0.4 is 19.1 Å². The molecule has 0 radical (unpaired) electrons. The standard InChI is InChI=1S/C28H26N2O5/c31-27(29-9-11-32-12-10-29)20-6-2-1-5-19(20)15-30-16-28(21-7-3-4-8-23(21)30)17-33-24-14-26-25(13-22(24)28)34-18-35-26/h1-8,13-14H,9-12,15-18H2. The third-order valence-electron chi connectivity index (χ3n) is 7.59. The third-order valence-corrected chi connectivity index (χ3v) is 7.59. The Morgan fingerprint density at radius 3 is 2.51 bits per heavy atom. The van der Waals surface area contributed by atoms with Crippen LogP contribution >= 0.6 is 0 Å². The fraction of sp³-hybridized carbons (Fsp3) is 0.321. The average Bonchev–Trinajstić information content (AvgIpc) is 3.60. The van der Waals surface area contributed by atoms with Gasteiger partial charge in [0, 0.05) is 49.1 Å². The smallest absolute Gasteiger partial charge is 0.254 e. The Hall–Kier alpha value is -3.71. The van der Waals surface area contributed by atoms with E-state index in [0.717, 1.165) is 40.5 Å². The van der Waals surface area contributed by atoms with E-state index in [2.05, 4.69) is 41.3 Å². The van der Waals surface area contributed by atoms with E-state index in [1.54, 1.807) is 0 Å². The minimum Gasteiger partial charge on any atom is -0.492 e. The molecule has 7 heteroatoms. The van der Waals surface area contributed by atoms with Crippen LogP contribution in [-0.2, 0) is 16.7 Å². The molecule has 1 atom stereocenters. The highest BCUT2D eigenvalue weighted by Gasteiger charge is 2.50. The van der Waals surface area contributed by atoms with Gasteiger partial charge in [-0.3, -0.25) is 4.79 Å². The van der Waals surface area contributed by atoms with Crippen LogP contribution in [0.5, 0.6) is 17.2 Å². The minimum atomic E-state index is -0.296. The van der Waals surface area contributed by atoms with Crippen molar-refractivity contribution in [2.75, 3.05) is 51.1 Å². The van der Waals surface area contributed by atoms with E-state index in [1.165, 1.54) is 11.3 Å². The predicted molar refractivity (Wildman–Crippen MR) is 129 cm³/mol. The summed E-state index contributed by atoms with van der Waals surface area (Å²) in [6.07, 6.45) is 0. The summed E-state index contributed by atoms with van der Waals surface area (Å²) in [7, 11) is 0. The highest BCUT2D eigenvalue weighted by molar-refractivity contribution is 5.96. The molecule has 0 aromatic heterocycles. The van der Waals surface area contributed by atoms with Crippen molar-refractivity contribution >= 4 is 11.6 Å². The van der Waals surface area contributed by atoms with Crippen LogP contribution in [0.4, 0.5) is 5.69 Å². The van der Waals surface area contributed by atoms with Gasteiger partial charge in [0.2, 0.25) is 6.79 Å². The number of para-hydroxylation sites is 1. The molecule has 4 aliphatic rings. The Kier molecular flexibility index (Phi) is 4.67. The number of amides is 1. The SMILES string of the molecule is O=C(c1ccccc1CN1CC2(COc3cc4c(cc32)OCO4)c2ccccc21)N1CCOCC1. The van der Waals surface area contributed by atoms with E-state index in [-0.39, 0.29) is 18.1 Å². The van der Waals surface area contributed by atoms with Crippen LogP contribution in [0, 0.1) is 0 Å². The summed E-state index contributed by atoms with van der Waals surface area (Å²) in [6.45, 7) is 4.65. The summed E-state index contributed by atoms with van der Waals surface area (Å²) in [5.74, 6) is 2.44. The number of rotatable bonds is 3. The summed E-state index contributed by atoms with van der Waals surface area (Å²) < 4.78 is 22.9. The van der Waals surface area contributed by atoms with Gasteiger partial charge in [0.1, 0.15) is 12.4 Å². The third kappa shape index (κ3) is 3.18. The lowest BCUT2D eigenvalue weighted by molar-refractivity contribution is 0.0302. The molecule has 35 heavy (non-hydrogen) atoms. The summed E-state index contributed by atoms with van der Waals surface area (Å²) >= 11 is 0. The van der Waals surface area contributed by atoms with Gasteiger partial charge in [-0.1, -0.05) is 36.4 Å². The van der Waals surface area contributed by atoms with E-state index in [1.807, 2.05) is 29.2 Å². The number of carbonyl (C=O) groups excluding carboxylic acids is 1. The van der Waals surface area contributed by atoms with Gasteiger partial charge < -0.3 is 28.7 Å². The molecule has 1 unspecified atom stereocenters. The van der Waals surface area contributed by atoms with Crippen LogP contribution in [0.25, 0.3) is 0 Å². The van der Waals surface area contributed by atoms with Gasteiger partial charge in [0.15, 0.2) is 11.5 Å². The summed E-state index contributed by atoms with van der Waals surface area (Å²) in [4.78, 5) is 17.6. The number of hydrogen-bond acceptors (Lipinski definition) is 6. The molecule has 0 saturated carbocycles. The van der Waals surface area contributed by atoms with Crippen LogP contribution in [-0.4, -0.2) is 57.1 Å². The molecule has 3 aromatic carbocycles. The van der Waals surface area contributed by atoms with Gasteiger partial charge in [0.25, 0.3) is 5.91 Å². The lowest BCUT2D eigenvalue weighted by Gasteiger charge is -2.29. The molecule has 0 aliphatic carbocycles. The minimum absolute atomic E-state index is 0.0772. The molecule has 178 valence electrons. The number of carbonyl (C=O) groups is 1. The molecule has 7 nitrogen and oxygen atoms in total. The van der Waals surface area contributed by atoms with Crippen LogP contribution in [0.1, 0.15) is 27.0 Å². The fourth-order valence-corrected chi connectivity index (χ4v) is 5.85. The number of nitrogens with zero attached hydrogens (tertiary/aromatic N) is 2. The Bertz CT molecular complexity index is 1320. The van der Waals surface area contributed by atoms with Gasteiger partial charge >= 0.3 is 0 Å². The molecule has 1 saturated heterocycles. The Morgan fingerprint density at radius 1 is 0.857 bits per heavy atom. The first-order chi connectivity index (χ1) is 17.2. The van der Waals surface area contributed by atoms with E-state index in [0.29, 0.717) is 39.5 Å². The zero-order valence-corrected chi connectivity index (χ0v) is 19.4. The predicted octanol–water partition coefficient (Wildman–Crippen LogP) is 3.59. The molecular weight excluding hydrogens is 444 g/mol. The van der Waals surface area contributed by atoms with Crippen LogP contribution in [0.2, 0.25) is 0 Å². The lowest BCUT2D eigenvalue weighted by Crippen LogP contribution is -2.41. The average molecular weight is 471 g/mol. The number of anilines is 1. The number of benzene rings is 3.